The molecule has 114 valence electrons. The number of hydrogen-bond donors (Lipinski definition) is 2. The van der Waals surface area contributed by atoms with E-state index in [-0.39, 0.29) is 11.9 Å². The van der Waals surface area contributed by atoms with Gasteiger partial charge in [-0.25, -0.2) is 4.98 Å². The van der Waals surface area contributed by atoms with Gasteiger partial charge in [0.15, 0.2) is 0 Å². The highest BCUT2D eigenvalue weighted by Gasteiger charge is 2.34. The van der Waals surface area contributed by atoms with E-state index < -0.39 is 0 Å². The van der Waals surface area contributed by atoms with Gasteiger partial charge in [-0.15, -0.1) is 0 Å². The molecule has 1 saturated carbocycles. The first kappa shape index (κ1) is 14.3. The Labute approximate surface area is 126 Å². The highest BCUT2D eigenvalue weighted by molar-refractivity contribution is 5.95. The minimum atomic E-state index is 0.0197. The van der Waals surface area contributed by atoms with Crippen LogP contribution in [0.25, 0.3) is 0 Å². The molecule has 0 spiro atoms. The standard InChI is InChI=1S/C16H24N4O/c1-3-12-8-11(9-15(17-2)18-12)16(21)19-13-6-7-20(10-13)14-4-5-14/h8-9,13-14H,3-7,10H2,1-2H3,(H,17,18)(H,19,21). The van der Waals surface area contributed by atoms with Crippen LogP contribution in [0, 0.1) is 0 Å². The highest BCUT2D eigenvalue weighted by Crippen LogP contribution is 2.29. The third kappa shape index (κ3) is 3.35. The third-order valence-corrected chi connectivity index (χ3v) is 4.38. The van der Waals surface area contributed by atoms with Crippen LogP contribution in [0.1, 0.15) is 42.2 Å². The Morgan fingerprint density at radius 3 is 2.86 bits per heavy atom. The number of rotatable bonds is 5. The molecule has 2 aliphatic rings. The number of amides is 1. The number of pyridine rings is 1. The van der Waals surface area contributed by atoms with Gasteiger partial charge in [0.25, 0.3) is 5.91 Å². The lowest BCUT2D eigenvalue weighted by atomic mass is 10.1. The van der Waals surface area contributed by atoms with Crippen molar-refractivity contribution in [2.45, 2.75) is 44.7 Å². The fourth-order valence-corrected chi connectivity index (χ4v) is 2.97. The van der Waals surface area contributed by atoms with E-state index in [1.165, 1.54) is 12.8 Å². The molecule has 3 rings (SSSR count). The van der Waals surface area contributed by atoms with Gasteiger partial charge in [-0.3, -0.25) is 9.69 Å². The molecule has 1 unspecified atom stereocenters. The van der Waals surface area contributed by atoms with Gasteiger partial charge in [0.1, 0.15) is 5.82 Å². The number of nitrogens with zero attached hydrogens (tertiary/aromatic N) is 2. The second-order valence-electron chi connectivity index (χ2n) is 6.02. The van der Waals surface area contributed by atoms with E-state index in [4.69, 9.17) is 0 Å². The molecular weight excluding hydrogens is 264 g/mol. The summed E-state index contributed by atoms with van der Waals surface area (Å²) in [4.78, 5) is 19.4. The van der Waals surface area contributed by atoms with Gasteiger partial charge in [0, 0.05) is 43.5 Å². The molecule has 1 atom stereocenters. The second-order valence-corrected chi connectivity index (χ2v) is 6.02. The van der Waals surface area contributed by atoms with Crippen LogP contribution in [0.4, 0.5) is 5.82 Å². The number of carbonyl (C=O) groups is 1. The van der Waals surface area contributed by atoms with Crippen molar-refractivity contribution in [1.82, 2.24) is 15.2 Å². The van der Waals surface area contributed by atoms with Crippen LogP contribution in [0.5, 0.6) is 0 Å². The first-order chi connectivity index (χ1) is 10.2. The molecule has 5 heteroatoms. The average Bonchev–Trinajstić information content (AvgIpc) is 3.27. The summed E-state index contributed by atoms with van der Waals surface area (Å²) in [5, 5.41) is 6.20. The van der Waals surface area contributed by atoms with Gasteiger partial charge in [-0.2, -0.15) is 0 Å². The van der Waals surface area contributed by atoms with E-state index in [1.807, 2.05) is 26.1 Å². The molecule has 0 radical (unpaired) electrons. The summed E-state index contributed by atoms with van der Waals surface area (Å²) >= 11 is 0. The van der Waals surface area contributed by atoms with Crippen LogP contribution >= 0.6 is 0 Å². The zero-order chi connectivity index (χ0) is 14.8. The van der Waals surface area contributed by atoms with E-state index in [2.05, 4.69) is 20.5 Å². The smallest absolute Gasteiger partial charge is 0.251 e. The van der Waals surface area contributed by atoms with E-state index in [0.29, 0.717) is 5.56 Å². The molecule has 1 amide bonds. The zero-order valence-corrected chi connectivity index (χ0v) is 12.9. The Morgan fingerprint density at radius 2 is 2.19 bits per heavy atom. The minimum Gasteiger partial charge on any atom is -0.373 e. The van der Waals surface area contributed by atoms with Crippen molar-refractivity contribution >= 4 is 11.7 Å². The van der Waals surface area contributed by atoms with Crippen molar-refractivity contribution in [3.05, 3.63) is 23.4 Å². The Morgan fingerprint density at radius 1 is 1.38 bits per heavy atom. The van der Waals surface area contributed by atoms with Crippen molar-refractivity contribution in [3.63, 3.8) is 0 Å². The van der Waals surface area contributed by atoms with E-state index in [1.54, 1.807) is 0 Å². The molecule has 21 heavy (non-hydrogen) atoms. The fourth-order valence-electron chi connectivity index (χ4n) is 2.97. The molecule has 1 aromatic heterocycles. The average molecular weight is 288 g/mol. The Bertz CT molecular complexity index is 505. The van der Waals surface area contributed by atoms with Crippen LogP contribution in [-0.2, 0) is 6.42 Å². The maximum atomic E-state index is 12.4. The third-order valence-electron chi connectivity index (χ3n) is 4.38. The van der Waals surface area contributed by atoms with E-state index >= 15 is 0 Å². The number of anilines is 1. The number of likely N-dealkylation sites (tertiary alicyclic amines) is 1. The Hall–Kier alpha value is -1.62. The SMILES string of the molecule is CCc1cc(C(=O)NC2CCN(C3CC3)C2)cc(NC)n1. The number of hydrogen-bond acceptors (Lipinski definition) is 4. The predicted octanol–water partition coefficient (Wildman–Crippen LogP) is 1.65. The van der Waals surface area contributed by atoms with Crippen LogP contribution in [-0.4, -0.2) is 48.0 Å². The lowest BCUT2D eigenvalue weighted by Crippen LogP contribution is -2.37. The highest BCUT2D eigenvalue weighted by atomic mass is 16.1. The predicted molar refractivity (Wildman–Crippen MR) is 83.6 cm³/mol. The Kier molecular flexibility index (Phi) is 4.10. The van der Waals surface area contributed by atoms with E-state index in [0.717, 1.165) is 43.5 Å². The molecule has 1 aliphatic heterocycles. The van der Waals surface area contributed by atoms with Crippen LogP contribution < -0.4 is 10.6 Å². The molecule has 2 heterocycles. The topological polar surface area (TPSA) is 57.3 Å². The minimum absolute atomic E-state index is 0.0197. The summed E-state index contributed by atoms with van der Waals surface area (Å²) in [6.07, 6.45) is 4.55. The van der Waals surface area contributed by atoms with Gasteiger partial charge >= 0.3 is 0 Å². The Balaban J connectivity index is 1.64. The van der Waals surface area contributed by atoms with Crippen LogP contribution in [0.15, 0.2) is 12.1 Å². The number of aryl methyl sites for hydroxylation is 1. The summed E-state index contributed by atoms with van der Waals surface area (Å²) in [5.74, 6) is 0.775. The quantitative estimate of drug-likeness (QED) is 0.865. The largest absolute Gasteiger partial charge is 0.373 e. The molecule has 1 aromatic rings. The fraction of sp³-hybridized carbons (Fsp3) is 0.625. The molecule has 2 fully saturated rings. The number of carbonyl (C=O) groups excluding carboxylic acids is 1. The summed E-state index contributed by atoms with van der Waals surface area (Å²) in [6.45, 7) is 4.17. The van der Waals surface area contributed by atoms with Crippen molar-refractivity contribution in [2.24, 2.45) is 0 Å². The van der Waals surface area contributed by atoms with Gasteiger partial charge in [-0.05, 0) is 37.8 Å². The van der Waals surface area contributed by atoms with E-state index in [9.17, 15) is 4.79 Å². The monoisotopic (exact) mass is 288 g/mol. The molecule has 2 N–H and O–H groups in total. The summed E-state index contributed by atoms with van der Waals surface area (Å²) < 4.78 is 0. The normalized spacial score (nSPS) is 22.3. The number of nitrogens with one attached hydrogen (secondary N) is 2. The van der Waals surface area contributed by atoms with Gasteiger partial charge in [-0.1, -0.05) is 6.92 Å². The van der Waals surface area contributed by atoms with Crippen molar-refractivity contribution in [1.29, 1.82) is 0 Å². The first-order valence-corrected chi connectivity index (χ1v) is 7.93. The molecule has 0 aromatic carbocycles. The molecule has 5 nitrogen and oxygen atoms in total. The van der Waals surface area contributed by atoms with Crippen molar-refractivity contribution in [2.75, 3.05) is 25.5 Å². The number of aromatic nitrogens is 1. The maximum absolute atomic E-state index is 12.4. The summed E-state index contributed by atoms with van der Waals surface area (Å²) in [6, 6.07) is 4.79. The molecule has 0 bridgehead atoms. The van der Waals surface area contributed by atoms with Gasteiger partial charge < -0.3 is 10.6 Å². The maximum Gasteiger partial charge on any atom is 0.251 e. The van der Waals surface area contributed by atoms with Gasteiger partial charge in [0.05, 0.1) is 0 Å². The zero-order valence-electron chi connectivity index (χ0n) is 12.9. The summed E-state index contributed by atoms with van der Waals surface area (Å²) in [5.41, 5.74) is 1.65. The summed E-state index contributed by atoms with van der Waals surface area (Å²) in [7, 11) is 1.83. The van der Waals surface area contributed by atoms with Crippen LogP contribution in [0.2, 0.25) is 0 Å². The van der Waals surface area contributed by atoms with Gasteiger partial charge in [0.2, 0.25) is 0 Å². The molecule has 1 aliphatic carbocycles. The van der Waals surface area contributed by atoms with Crippen LogP contribution in [0.3, 0.4) is 0 Å². The van der Waals surface area contributed by atoms with Crippen molar-refractivity contribution in [3.8, 4) is 0 Å². The first-order valence-electron chi connectivity index (χ1n) is 7.93. The lowest BCUT2D eigenvalue weighted by Gasteiger charge is -2.16. The second kappa shape index (κ2) is 6.02. The lowest BCUT2D eigenvalue weighted by molar-refractivity contribution is 0.0937. The molecular formula is C16H24N4O. The van der Waals surface area contributed by atoms with Crippen molar-refractivity contribution < 1.29 is 4.79 Å². The molecule has 1 saturated heterocycles.